The molecule has 0 spiro atoms. The van der Waals surface area contributed by atoms with Gasteiger partial charge in [-0.05, 0) is 52.5 Å². The third-order valence-corrected chi connectivity index (χ3v) is 5.53. The topological polar surface area (TPSA) is 66.8 Å². The number of hydrogen-bond acceptors (Lipinski definition) is 5. The summed E-state index contributed by atoms with van der Waals surface area (Å²) in [5.41, 5.74) is 0.423. The van der Waals surface area contributed by atoms with Crippen molar-refractivity contribution in [2.75, 3.05) is 12.0 Å². The lowest BCUT2D eigenvalue weighted by Crippen LogP contribution is -2.43. The molecule has 2 rings (SSSR count). The minimum absolute atomic E-state index is 0.0257. The fourth-order valence-electron chi connectivity index (χ4n) is 3.13. The van der Waals surface area contributed by atoms with Gasteiger partial charge in [0.2, 0.25) is 5.91 Å². The van der Waals surface area contributed by atoms with E-state index >= 15 is 0 Å². The Bertz CT molecular complexity index is 742. The first-order chi connectivity index (χ1) is 12.7. The van der Waals surface area contributed by atoms with Crippen molar-refractivity contribution in [2.45, 2.75) is 71.9 Å². The van der Waals surface area contributed by atoms with Gasteiger partial charge in [-0.15, -0.1) is 11.3 Å². The van der Waals surface area contributed by atoms with Crippen LogP contribution in [0.4, 0.5) is 5.69 Å². The van der Waals surface area contributed by atoms with Crippen LogP contribution in [0.15, 0.2) is 6.07 Å². The molecule has 0 aromatic carbocycles. The molecular formula is C21H29NO4S. The van der Waals surface area contributed by atoms with Gasteiger partial charge in [-0.2, -0.15) is 0 Å². The second-order valence-electron chi connectivity index (χ2n) is 7.90. The van der Waals surface area contributed by atoms with Gasteiger partial charge in [0.15, 0.2) is 0 Å². The van der Waals surface area contributed by atoms with Crippen LogP contribution in [-0.4, -0.2) is 36.2 Å². The van der Waals surface area contributed by atoms with Gasteiger partial charge in [0.05, 0.1) is 23.8 Å². The number of anilines is 1. The van der Waals surface area contributed by atoms with E-state index < -0.39 is 5.97 Å². The molecule has 0 aliphatic heterocycles. The molecule has 0 atom stereocenters. The van der Waals surface area contributed by atoms with Crippen molar-refractivity contribution in [2.24, 2.45) is 5.41 Å². The van der Waals surface area contributed by atoms with Crippen molar-refractivity contribution >= 4 is 28.9 Å². The number of carbonyl (C=O) groups excluding carboxylic acids is 2. The van der Waals surface area contributed by atoms with E-state index in [1.165, 1.54) is 18.4 Å². The number of thiophene rings is 1. The van der Waals surface area contributed by atoms with Gasteiger partial charge in [0.25, 0.3) is 0 Å². The highest BCUT2D eigenvalue weighted by atomic mass is 32.1. The Morgan fingerprint density at radius 1 is 1.30 bits per heavy atom. The van der Waals surface area contributed by atoms with E-state index in [2.05, 4.69) is 11.8 Å². The Labute approximate surface area is 165 Å². The molecular weight excluding hydrogens is 362 g/mol. The standard InChI is InChI=1S/C21H29NO4S/c1-6-18(24)22(14-7-9-15(23)10-8-14)17-13-16(11-12-21(2,3)4)27-19(17)20(25)26-5/h13-15,23H,6-10H2,1-5H3. The van der Waals surface area contributed by atoms with E-state index in [0.29, 0.717) is 42.7 Å². The maximum atomic E-state index is 12.8. The molecule has 6 heteroatoms. The first-order valence-corrected chi connectivity index (χ1v) is 10.2. The molecule has 0 saturated heterocycles. The van der Waals surface area contributed by atoms with Crippen LogP contribution in [-0.2, 0) is 9.53 Å². The van der Waals surface area contributed by atoms with Crippen molar-refractivity contribution in [3.63, 3.8) is 0 Å². The van der Waals surface area contributed by atoms with E-state index in [4.69, 9.17) is 4.74 Å². The molecule has 1 heterocycles. The average Bonchev–Trinajstić information content (AvgIpc) is 3.04. The molecule has 27 heavy (non-hydrogen) atoms. The maximum Gasteiger partial charge on any atom is 0.350 e. The number of carbonyl (C=O) groups is 2. The van der Waals surface area contributed by atoms with E-state index in [-0.39, 0.29) is 23.5 Å². The lowest BCUT2D eigenvalue weighted by atomic mass is 9.91. The predicted molar refractivity (Wildman–Crippen MR) is 108 cm³/mol. The van der Waals surface area contributed by atoms with Crippen molar-refractivity contribution in [1.29, 1.82) is 0 Å². The summed E-state index contributed by atoms with van der Waals surface area (Å²) in [7, 11) is 1.34. The molecule has 1 amide bonds. The third kappa shape index (κ3) is 5.57. The van der Waals surface area contributed by atoms with Crippen LogP contribution in [0.25, 0.3) is 0 Å². The zero-order valence-electron chi connectivity index (χ0n) is 16.8. The van der Waals surface area contributed by atoms with Gasteiger partial charge >= 0.3 is 5.97 Å². The number of hydrogen-bond donors (Lipinski definition) is 1. The monoisotopic (exact) mass is 391 g/mol. The van der Waals surface area contributed by atoms with Crippen molar-refractivity contribution < 1.29 is 19.4 Å². The molecule has 0 radical (unpaired) electrons. The number of rotatable bonds is 4. The molecule has 1 aliphatic carbocycles. The highest BCUT2D eigenvalue weighted by molar-refractivity contribution is 7.15. The fraction of sp³-hybridized carbons (Fsp3) is 0.619. The predicted octanol–water partition coefficient (Wildman–Crippen LogP) is 3.98. The molecule has 0 bridgehead atoms. The normalized spacial score (nSPS) is 19.8. The molecule has 1 N–H and O–H groups in total. The minimum Gasteiger partial charge on any atom is -0.465 e. The highest BCUT2D eigenvalue weighted by Crippen LogP contribution is 2.36. The highest BCUT2D eigenvalue weighted by Gasteiger charge is 2.32. The number of nitrogens with zero attached hydrogens (tertiary/aromatic N) is 1. The van der Waals surface area contributed by atoms with Crippen LogP contribution in [0.3, 0.4) is 0 Å². The van der Waals surface area contributed by atoms with Gasteiger partial charge in [-0.25, -0.2) is 4.79 Å². The number of aliphatic hydroxyl groups excluding tert-OH is 1. The van der Waals surface area contributed by atoms with Gasteiger partial charge < -0.3 is 14.7 Å². The summed E-state index contributed by atoms with van der Waals surface area (Å²) in [6, 6.07) is 1.80. The summed E-state index contributed by atoms with van der Waals surface area (Å²) in [4.78, 5) is 28.0. The van der Waals surface area contributed by atoms with Gasteiger partial charge in [-0.1, -0.05) is 18.8 Å². The Morgan fingerprint density at radius 3 is 2.44 bits per heavy atom. The number of methoxy groups -OCH3 is 1. The van der Waals surface area contributed by atoms with E-state index in [1.807, 2.05) is 33.8 Å². The number of esters is 1. The largest absolute Gasteiger partial charge is 0.465 e. The van der Waals surface area contributed by atoms with Crippen LogP contribution in [0, 0.1) is 17.3 Å². The number of aliphatic hydroxyl groups is 1. The van der Waals surface area contributed by atoms with Crippen LogP contribution >= 0.6 is 11.3 Å². The summed E-state index contributed by atoms with van der Waals surface area (Å²) < 4.78 is 4.95. The first-order valence-electron chi connectivity index (χ1n) is 9.41. The lowest BCUT2D eigenvalue weighted by Gasteiger charge is -2.35. The molecule has 1 saturated carbocycles. The van der Waals surface area contributed by atoms with Crippen molar-refractivity contribution in [1.82, 2.24) is 0 Å². The third-order valence-electron chi connectivity index (χ3n) is 4.51. The zero-order chi connectivity index (χ0) is 20.2. The fourth-order valence-corrected chi connectivity index (χ4v) is 4.05. The molecule has 1 aromatic rings. The molecule has 0 unspecified atom stereocenters. The quantitative estimate of drug-likeness (QED) is 0.623. The van der Waals surface area contributed by atoms with Gasteiger partial charge in [0, 0.05) is 17.9 Å². The van der Waals surface area contributed by atoms with Crippen LogP contribution in [0.1, 0.15) is 74.3 Å². The number of ether oxygens (including phenoxy) is 1. The molecule has 148 valence electrons. The second kappa shape index (κ2) is 8.90. The first kappa shape index (κ1) is 21.5. The Hall–Kier alpha value is -1.84. The Morgan fingerprint density at radius 2 is 1.93 bits per heavy atom. The maximum absolute atomic E-state index is 12.8. The molecule has 5 nitrogen and oxygen atoms in total. The molecule has 1 aromatic heterocycles. The zero-order valence-corrected chi connectivity index (χ0v) is 17.6. The summed E-state index contributed by atoms with van der Waals surface area (Å²) in [5.74, 6) is 5.82. The summed E-state index contributed by atoms with van der Waals surface area (Å²) in [6.07, 6.45) is 2.78. The SMILES string of the molecule is CCC(=O)N(c1cc(C#CC(C)(C)C)sc1C(=O)OC)C1CCC(O)CC1. The summed E-state index contributed by atoms with van der Waals surface area (Å²) >= 11 is 1.26. The summed E-state index contributed by atoms with van der Waals surface area (Å²) in [6.45, 7) is 7.89. The van der Waals surface area contributed by atoms with Gasteiger partial charge in [0.1, 0.15) is 4.88 Å². The lowest BCUT2D eigenvalue weighted by molar-refractivity contribution is -0.119. The molecule has 1 aliphatic rings. The van der Waals surface area contributed by atoms with Crippen LogP contribution < -0.4 is 4.90 Å². The van der Waals surface area contributed by atoms with Gasteiger partial charge in [-0.3, -0.25) is 4.79 Å². The van der Waals surface area contributed by atoms with E-state index in [0.717, 1.165) is 4.88 Å². The summed E-state index contributed by atoms with van der Waals surface area (Å²) in [5, 5.41) is 9.81. The number of amides is 1. The molecule has 1 fully saturated rings. The second-order valence-corrected chi connectivity index (χ2v) is 8.95. The Kier molecular flexibility index (Phi) is 7.07. The van der Waals surface area contributed by atoms with Crippen LogP contribution in [0.2, 0.25) is 0 Å². The smallest absolute Gasteiger partial charge is 0.350 e. The van der Waals surface area contributed by atoms with Crippen LogP contribution in [0.5, 0.6) is 0 Å². The van der Waals surface area contributed by atoms with Crippen molar-refractivity contribution in [3.05, 3.63) is 15.8 Å². The van der Waals surface area contributed by atoms with E-state index in [9.17, 15) is 14.7 Å². The van der Waals surface area contributed by atoms with Crippen molar-refractivity contribution in [3.8, 4) is 11.8 Å². The Balaban J connectivity index is 2.48. The average molecular weight is 392 g/mol. The van der Waals surface area contributed by atoms with E-state index in [1.54, 1.807) is 4.90 Å². The minimum atomic E-state index is -0.455.